The maximum atomic E-state index is 13.3. The standard InChI is InChI=1S/C29H36N4O5.C10H8N2O2/c1-29(2,3)38-28(35)33(20-21-6-8-25-26(19-21)37-18-17-36-25)22-10-13-31(14-11-22)15-16-32-24-5-4-12-30-23(24)7-9-27(32)34;13-7-6-12-9-2-1-5-11-8(9)3-4-10(12)14/h4-9,12,19,22H,10-11,13-18,20H2,1-3H3;1-5,7H,6H2. The maximum Gasteiger partial charge on any atom is 0.410 e. The molecule has 1 saturated heterocycles. The lowest BCUT2D eigenvalue weighted by molar-refractivity contribution is -0.108. The van der Waals surface area contributed by atoms with Gasteiger partial charge in [0.2, 0.25) is 0 Å². The molecular weight excluding hydrogens is 664 g/mol. The van der Waals surface area contributed by atoms with Crippen molar-refractivity contribution in [3.8, 4) is 11.5 Å². The smallest absolute Gasteiger partial charge is 0.410 e. The number of aldehydes is 1. The van der Waals surface area contributed by atoms with Crippen molar-refractivity contribution in [2.75, 3.05) is 32.8 Å². The molecule has 1 amide bonds. The first-order valence-electron chi connectivity index (χ1n) is 17.5. The van der Waals surface area contributed by atoms with Crippen molar-refractivity contribution in [3.05, 3.63) is 105 Å². The third-order valence-corrected chi connectivity index (χ3v) is 9.00. The highest BCUT2D eigenvalue weighted by Gasteiger charge is 2.31. The monoisotopic (exact) mass is 708 g/mol. The van der Waals surface area contributed by atoms with Crippen molar-refractivity contribution in [3.63, 3.8) is 0 Å². The quantitative estimate of drug-likeness (QED) is 0.209. The Morgan fingerprint density at radius 2 is 1.46 bits per heavy atom. The number of amides is 1. The summed E-state index contributed by atoms with van der Waals surface area (Å²) in [6.45, 7) is 10.3. The summed E-state index contributed by atoms with van der Waals surface area (Å²) in [6, 6.07) is 19.6. The van der Waals surface area contributed by atoms with Crippen LogP contribution in [0, 0.1) is 0 Å². The van der Waals surface area contributed by atoms with Crippen LogP contribution in [-0.2, 0) is 29.2 Å². The molecule has 0 bridgehead atoms. The molecule has 2 aliphatic rings. The molecular formula is C39H44N6O7. The number of piperidine rings is 1. The summed E-state index contributed by atoms with van der Waals surface area (Å²) in [4.78, 5) is 60.3. The van der Waals surface area contributed by atoms with E-state index in [0.717, 1.165) is 54.8 Å². The summed E-state index contributed by atoms with van der Waals surface area (Å²) >= 11 is 0. The lowest BCUT2D eigenvalue weighted by Crippen LogP contribution is -2.49. The Labute approximate surface area is 301 Å². The van der Waals surface area contributed by atoms with Crippen molar-refractivity contribution in [1.29, 1.82) is 0 Å². The second-order valence-corrected chi connectivity index (χ2v) is 13.7. The Hall–Kier alpha value is -5.56. The van der Waals surface area contributed by atoms with Crippen LogP contribution in [0.3, 0.4) is 0 Å². The molecule has 0 aliphatic carbocycles. The van der Waals surface area contributed by atoms with Crippen molar-refractivity contribution >= 4 is 34.4 Å². The molecule has 0 spiro atoms. The SMILES string of the molecule is CC(C)(C)OC(=O)N(Cc1ccc2c(c1)OCCO2)C1CCN(CCn2c(=O)ccc3ncccc32)CC1.O=CCn1c(=O)ccc2ncccc21. The number of likely N-dealkylation sites (tertiary alicyclic amines) is 1. The first-order chi connectivity index (χ1) is 25.1. The molecule has 52 heavy (non-hydrogen) atoms. The van der Waals surface area contributed by atoms with Crippen LogP contribution >= 0.6 is 0 Å². The lowest BCUT2D eigenvalue weighted by atomic mass is 10.0. The van der Waals surface area contributed by atoms with Gasteiger partial charge < -0.3 is 33.4 Å². The predicted octanol–water partition coefficient (Wildman–Crippen LogP) is 4.66. The van der Waals surface area contributed by atoms with Gasteiger partial charge in [-0.3, -0.25) is 24.1 Å². The first-order valence-corrected chi connectivity index (χ1v) is 17.5. The highest BCUT2D eigenvalue weighted by Crippen LogP contribution is 2.32. The van der Waals surface area contributed by atoms with Crippen LogP contribution in [0.1, 0.15) is 39.2 Å². The number of hydrogen-bond donors (Lipinski definition) is 0. The second-order valence-electron chi connectivity index (χ2n) is 13.7. The van der Waals surface area contributed by atoms with Crippen LogP contribution in [0.4, 0.5) is 4.79 Å². The fourth-order valence-electron chi connectivity index (χ4n) is 6.48. The minimum atomic E-state index is -0.580. The normalized spacial score (nSPS) is 14.8. The van der Waals surface area contributed by atoms with Gasteiger partial charge in [-0.2, -0.15) is 0 Å². The number of nitrogens with zero attached hydrogens (tertiary/aromatic N) is 6. The van der Waals surface area contributed by atoms with Gasteiger partial charge in [0.25, 0.3) is 11.1 Å². The van der Waals surface area contributed by atoms with Gasteiger partial charge in [0.05, 0.1) is 28.6 Å². The zero-order valence-corrected chi connectivity index (χ0v) is 29.8. The number of hydrogen-bond acceptors (Lipinski definition) is 10. The summed E-state index contributed by atoms with van der Waals surface area (Å²) in [5, 5.41) is 0. The fourth-order valence-corrected chi connectivity index (χ4v) is 6.48. The first kappa shape index (κ1) is 36.2. The average molecular weight is 709 g/mol. The molecule has 0 radical (unpaired) electrons. The van der Waals surface area contributed by atoms with Crippen LogP contribution in [0.15, 0.2) is 88.7 Å². The number of fused-ring (bicyclic) bond motifs is 3. The van der Waals surface area contributed by atoms with Crippen molar-refractivity contribution < 1.29 is 23.8 Å². The Morgan fingerprint density at radius 3 is 2.10 bits per heavy atom. The molecule has 2 aliphatic heterocycles. The van der Waals surface area contributed by atoms with Crippen LogP contribution < -0.4 is 20.6 Å². The summed E-state index contributed by atoms with van der Waals surface area (Å²) in [5.74, 6) is 1.45. The van der Waals surface area contributed by atoms with Crippen molar-refractivity contribution in [1.82, 2.24) is 28.9 Å². The Balaban J connectivity index is 0.000000276. The lowest BCUT2D eigenvalue weighted by Gasteiger charge is -2.39. The number of aromatic nitrogens is 4. The van der Waals surface area contributed by atoms with E-state index in [1.807, 2.05) is 56.0 Å². The highest BCUT2D eigenvalue weighted by molar-refractivity contribution is 5.75. The molecule has 272 valence electrons. The van der Waals surface area contributed by atoms with Crippen LogP contribution in [0.2, 0.25) is 0 Å². The second kappa shape index (κ2) is 16.2. The molecule has 13 nitrogen and oxygen atoms in total. The minimum Gasteiger partial charge on any atom is -0.486 e. The topological polar surface area (TPSA) is 138 Å². The molecule has 7 rings (SSSR count). The minimum absolute atomic E-state index is 0.0177. The molecule has 1 aromatic carbocycles. The van der Waals surface area contributed by atoms with E-state index in [0.29, 0.717) is 49.4 Å². The van der Waals surface area contributed by atoms with Gasteiger partial charge in [0.1, 0.15) is 25.1 Å². The number of carbonyl (C=O) groups is 2. The molecule has 6 heterocycles. The van der Waals surface area contributed by atoms with Gasteiger partial charge in [-0.25, -0.2) is 4.79 Å². The summed E-state index contributed by atoms with van der Waals surface area (Å²) in [7, 11) is 0. The number of ether oxygens (including phenoxy) is 3. The largest absolute Gasteiger partial charge is 0.486 e. The zero-order chi connectivity index (χ0) is 36.7. The van der Waals surface area contributed by atoms with E-state index < -0.39 is 5.60 Å². The summed E-state index contributed by atoms with van der Waals surface area (Å²) in [6.07, 6.45) is 5.45. The van der Waals surface area contributed by atoms with E-state index in [1.165, 1.54) is 10.6 Å². The van der Waals surface area contributed by atoms with Crippen molar-refractivity contribution in [2.45, 2.75) is 64.9 Å². The molecule has 5 aromatic rings. The van der Waals surface area contributed by atoms with E-state index in [9.17, 15) is 19.2 Å². The third-order valence-electron chi connectivity index (χ3n) is 9.00. The van der Waals surface area contributed by atoms with Crippen LogP contribution in [0.25, 0.3) is 22.1 Å². The molecule has 0 atom stereocenters. The summed E-state index contributed by atoms with van der Waals surface area (Å²) < 4.78 is 20.4. The molecule has 1 fully saturated rings. The van der Waals surface area contributed by atoms with E-state index >= 15 is 0 Å². The Kier molecular flexibility index (Phi) is 11.3. The number of rotatable bonds is 8. The molecule has 4 aromatic heterocycles. The van der Waals surface area contributed by atoms with Gasteiger partial charge in [-0.15, -0.1) is 0 Å². The number of pyridine rings is 4. The van der Waals surface area contributed by atoms with Crippen LogP contribution in [0.5, 0.6) is 11.5 Å². The molecule has 0 N–H and O–H groups in total. The van der Waals surface area contributed by atoms with Gasteiger partial charge in [0.15, 0.2) is 11.5 Å². The number of carbonyl (C=O) groups excluding carboxylic acids is 2. The van der Waals surface area contributed by atoms with E-state index in [4.69, 9.17) is 14.2 Å². The maximum absolute atomic E-state index is 13.3. The van der Waals surface area contributed by atoms with E-state index in [-0.39, 0.29) is 29.8 Å². The zero-order valence-electron chi connectivity index (χ0n) is 29.8. The Bertz CT molecular complexity index is 2150. The average Bonchev–Trinajstić information content (AvgIpc) is 3.14. The van der Waals surface area contributed by atoms with Gasteiger partial charge >= 0.3 is 6.09 Å². The predicted molar refractivity (Wildman–Crippen MR) is 197 cm³/mol. The van der Waals surface area contributed by atoms with Gasteiger partial charge in [0, 0.05) is 63.3 Å². The number of benzene rings is 1. The third kappa shape index (κ3) is 8.83. The van der Waals surface area contributed by atoms with Crippen LogP contribution in [-0.4, -0.2) is 85.8 Å². The highest BCUT2D eigenvalue weighted by atomic mass is 16.6. The van der Waals surface area contributed by atoms with Gasteiger partial charge in [-0.1, -0.05) is 6.07 Å². The molecule has 13 heteroatoms. The van der Waals surface area contributed by atoms with E-state index in [1.54, 1.807) is 47.3 Å². The van der Waals surface area contributed by atoms with Crippen molar-refractivity contribution in [2.24, 2.45) is 0 Å². The molecule has 0 unspecified atom stereocenters. The Morgan fingerprint density at radius 1 is 0.846 bits per heavy atom. The summed E-state index contributed by atoms with van der Waals surface area (Å²) in [5.41, 5.74) is 3.27. The molecule has 0 saturated carbocycles. The fraction of sp³-hybridized carbons (Fsp3) is 0.385. The van der Waals surface area contributed by atoms with E-state index in [2.05, 4.69) is 14.9 Å². The van der Waals surface area contributed by atoms with Gasteiger partial charge in [-0.05, 0) is 87.7 Å².